The Kier molecular flexibility index (Phi) is 3.04. The third kappa shape index (κ3) is 2.19. The van der Waals surface area contributed by atoms with Crippen LogP contribution in [-0.4, -0.2) is 22.9 Å². The van der Waals surface area contributed by atoms with Crippen LogP contribution < -0.4 is 0 Å². The largest absolute Gasteiger partial charge is 0.399 e. The standard InChI is InChI=1S/C10H9N3OS/c1-14-11-7-9-10(12-13-15-9)8-5-3-2-4-6-8/h2-7H,1H3/b11-7-. The summed E-state index contributed by atoms with van der Waals surface area (Å²) in [4.78, 5) is 5.52. The van der Waals surface area contributed by atoms with Crippen LogP contribution in [0.5, 0.6) is 0 Å². The van der Waals surface area contributed by atoms with Gasteiger partial charge in [-0.25, -0.2) is 0 Å². The van der Waals surface area contributed by atoms with Gasteiger partial charge in [-0.1, -0.05) is 40.0 Å². The van der Waals surface area contributed by atoms with Crippen LogP contribution in [0.4, 0.5) is 0 Å². The minimum atomic E-state index is 0.835. The molecule has 0 aliphatic rings. The van der Waals surface area contributed by atoms with E-state index in [1.54, 1.807) is 6.21 Å². The van der Waals surface area contributed by atoms with Crippen LogP contribution in [0.25, 0.3) is 11.3 Å². The molecule has 0 aliphatic heterocycles. The first-order chi connectivity index (χ1) is 7.42. The lowest BCUT2D eigenvalue weighted by molar-refractivity contribution is 0.215. The fourth-order valence-corrected chi connectivity index (χ4v) is 1.72. The molecule has 5 heteroatoms. The quantitative estimate of drug-likeness (QED) is 0.587. The molecule has 0 aliphatic carbocycles. The zero-order chi connectivity index (χ0) is 10.5. The predicted octanol–water partition coefficient (Wildman–Crippen LogP) is 2.19. The van der Waals surface area contributed by atoms with Crippen molar-refractivity contribution in [2.24, 2.45) is 5.16 Å². The SMILES string of the molecule is CO/N=C\c1snnc1-c1ccccc1. The Balaban J connectivity index is 2.37. The van der Waals surface area contributed by atoms with Gasteiger partial charge in [0.15, 0.2) is 0 Å². The van der Waals surface area contributed by atoms with Crippen LogP contribution in [-0.2, 0) is 4.84 Å². The first-order valence-corrected chi connectivity index (χ1v) is 5.13. The third-order valence-electron chi connectivity index (χ3n) is 1.84. The lowest BCUT2D eigenvalue weighted by Gasteiger charge is -1.95. The molecule has 76 valence electrons. The molecular weight excluding hydrogens is 210 g/mol. The highest BCUT2D eigenvalue weighted by atomic mass is 32.1. The highest BCUT2D eigenvalue weighted by Crippen LogP contribution is 2.21. The van der Waals surface area contributed by atoms with Gasteiger partial charge in [-0.3, -0.25) is 0 Å². The molecule has 1 aromatic heterocycles. The van der Waals surface area contributed by atoms with Gasteiger partial charge in [-0.2, -0.15) is 0 Å². The molecular formula is C10H9N3OS. The molecule has 2 aromatic rings. The summed E-state index contributed by atoms with van der Waals surface area (Å²) in [6.45, 7) is 0. The van der Waals surface area contributed by atoms with Crippen LogP contribution in [0.3, 0.4) is 0 Å². The summed E-state index contributed by atoms with van der Waals surface area (Å²) in [6, 6.07) is 9.87. The van der Waals surface area contributed by atoms with Crippen molar-refractivity contribution in [2.45, 2.75) is 0 Å². The van der Waals surface area contributed by atoms with Crippen molar-refractivity contribution < 1.29 is 4.84 Å². The van der Waals surface area contributed by atoms with Crippen molar-refractivity contribution in [3.05, 3.63) is 35.2 Å². The van der Waals surface area contributed by atoms with E-state index in [1.807, 2.05) is 30.3 Å². The Morgan fingerprint density at radius 3 is 2.87 bits per heavy atom. The molecule has 0 radical (unpaired) electrons. The average Bonchev–Trinajstić information content (AvgIpc) is 2.75. The minimum absolute atomic E-state index is 0.835. The van der Waals surface area contributed by atoms with E-state index in [-0.39, 0.29) is 0 Å². The topological polar surface area (TPSA) is 47.4 Å². The van der Waals surface area contributed by atoms with Crippen molar-refractivity contribution in [3.8, 4) is 11.3 Å². The molecule has 0 N–H and O–H groups in total. The fraction of sp³-hybridized carbons (Fsp3) is 0.100. The van der Waals surface area contributed by atoms with Gasteiger partial charge in [-0.05, 0) is 11.5 Å². The molecule has 1 heterocycles. The first-order valence-electron chi connectivity index (χ1n) is 4.36. The van der Waals surface area contributed by atoms with E-state index in [0.29, 0.717) is 0 Å². The van der Waals surface area contributed by atoms with Crippen molar-refractivity contribution >= 4 is 17.7 Å². The highest BCUT2D eigenvalue weighted by molar-refractivity contribution is 7.07. The maximum absolute atomic E-state index is 4.63. The zero-order valence-corrected chi connectivity index (χ0v) is 8.94. The molecule has 0 atom stereocenters. The second kappa shape index (κ2) is 4.65. The van der Waals surface area contributed by atoms with Gasteiger partial charge in [0, 0.05) is 5.56 Å². The fourth-order valence-electron chi connectivity index (χ4n) is 1.18. The van der Waals surface area contributed by atoms with Crippen molar-refractivity contribution in [3.63, 3.8) is 0 Å². The summed E-state index contributed by atoms with van der Waals surface area (Å²) in [6.07, 6.45) is 1.62. The number of rotatable bonds is 3. The van der Waals surface area contributed by atoms with Gasteiger partial charge < -0.3 is 4.84 Å². The van der Waals surface area contributed by atoms with E-state index in [0.717, 1.165) is 16.1 Å². The van der Waals surface area contributed by atoms with Crippen LogP contribution in [0.15, 0.2) is 35.5 Å². The summed E-state index contributed by atoms with van der Waals surface area (Å²) in [5, 5.41) is 7.77. The van der Waals surface area contributed by atoms with E-state index < -0.39 is 0 Å². The van der Waals surface area contributed by atoms with Crippen molar-refractivity contribution in [1.82, 2.24) is 9.59 Å². The van der Waals surface area contributed by atoms with E-state index in [1.165, 1.54) is 18.6 Å². The summed E-state index contributed by atoms with van der Waals surface area (Å²) in [5.74, 6) is 0. The van der Waals surface area contributed by atoms with Crippen LogP contribution in [0, 0.1) is 0 Å². The molecule has 0 saturated carbocycles. The lowest BCUT2D eigenvalue weighted by Crippen LogP contribution is -1.84. The van der Waals surface area contributed by atoms with Crippen molar-refractivity contribution in [2.75, 3.05) is 7.11 Å². The molecule has 0 fully saturated rings. The van der Waals surface area contributed by atoms with Gasteiger partial charge in [0.25, 0.3) is 0 Å². The number of nitrogens with zero attached hydrogens (tertiary/aromatic N) is 3. The molecule has 0 unspecified atom stereocenters. The van der Waals surface area contributed by atoms with Crippen LogP contribution in [0.1, 0.15) is 4.88 Å². The molecule has 15 heavy (non-hydrogen) atoms. The van der Waals surface area contributed by atoms with Gasteiger partial charge in [0.2, 0.25) is 0 Å². The van der Waals surface area contributed by atoms with Crippen molar-refractivity contribution in [1.29, 1.82) is 0 Å². The Morgan fingerprint density at radius 2 is 2.13 bits per heavy atom. The normalized spacial score (nSPS) is 10.7. The van der Waals surface area contributed by atoms with E-state index >= 15 is 0 Å². The highest BCUT2D eigenvalue weighted by Gasteiger charge is 2.07. The molecule has 0 amide bonds. The predicted molar refractivity (Wildman–Crippen MR) is 59.9 cm³/mol. The number of hydrogen-bond acceptors (Lipinski definition) is 5. The molecule has 0 spiro atoms. The number of hydrogen-bond donors (Lipinski definition) is 0. The Morgan fingerprint density at radius 1 is 1.33 bits per heavy atom. The molecule has 1 aromatic carbocycles. The average molecular weight is 219 g/mol. The lowest BCUT2D eigenvalue weighted by atomic mass is 10.1. The summed E-state index contributed by atoms with van der Waals surface area (Å²) < 4.78 is 3.90. The van der Waals surface area contributed by atoms with Crippen LogP contribution in [0.2, 0.25) is 0 Å². The Bertz CT molecular complexity index is 453. The summed E-state index contributed by atoms with van der Waals surface area (Å²) >= 11 is 1.29. The van der Waals surface area contributed by atoms with Gasteiger partial charge in [0.1, 0.15) is 12.8 Å². The van der Waals surface area contributed by atoms with E-state index in [9.17, 15) is 0 Å². The summed E-state index contributed by atoms with van der Waals surface area (Å²) in [7, 11) is 1.51. The first kappa shape index (κ1) is 9.79. The van der Waals surface area contributed by atoms with Gasteiger partial charge in [0.05, 0.1) is 11.1 Å². The number of benzene rings is 1. The zero-order valence-electron chi connectivity index (χ0n) is 8.12. The summed E-state index contributed by atoms with van der Waals surface area (Å²) in [5.41, 5.74) is 1.87. The Hall–Kier alpha value is -1.75. The number of oxime groups is 1. The van der Waals surface area contributed by atoms with E-state index in [2.05, 4.69) is 19.6 Å². The maximum Gasteiger partial charge on any atom is 0.114 e. The molecule has 0 bridgehead atoms. The van der Waals surface area contributed by atoms with Gasteiger partial charge in [-0.15, -0.1) is 5.10 Å². The molecule has 4 nitrogen and oxygen atoms in total. The number of aromatic nitrogens is 2. The minimum Gasteiger partial charge on any atom is -0.399 e. The smallest absolute Gasteiger partial charge is 0.114 e. The van der Waals surface area contributed by atoms with Gasteiger partial charge >= 0.3 is 0 Å². The third-order valence-corrected chi connectivity index (χ3v) is 2.49. The molecule has 2 rings (SSSR count). The maximum atomic E-state index is 4.63. The molecule has 0 saturated heterocycles. The monoisotopic (exact) mass is 219 g/mol. The Labute approximate surface area is 91.4 Å². The van der Waals surface area contributed by atoms with E-state index in [4.69, 9.17) is 0 Å². The van der Waals surface area contributed by atoms with Crippen LogP contribution >= 0.6 is 11.5 Å². The second-order valence-corrected chi connectivity index (χ2v) is 3.55. The second-order valence-electron chi connectivity index (χ2n) is 2.77.